The van der Waals surface area contributed by atoms with E-state index in [1.165, 1.54) is 0 Å². The van der Waals surface area contributed by atoms with Gasteiger partial charge in [0.25, 0.3) is 0 Å². The summed E-state index contributed by atoms with van der Waals surface area (Å²) >= 11 is 0. The van der Waals surface area contributed by atoms with Gasteiger partial charge in [0, 0.05) is 31.7 Å². The van der Waals surface area contributed by atoms with E-state index in [-0.39, 0.29) is 12.1 Å². The van der Waals surface area contributed by atoms with Crippen molar-refractivity contribution in [3.05, 3.63) is 35.3 Å². The predicted octanol–water partition coefficient (Wildman–Crippen LogP) is 1.33. The van der Waals surface area contributed by atoms with Gasteiger partial charge in [-0.2, -0.15) is 4.98 Å². The van der Waals surface area contributed by atoms with Gasteiger partial charge in [0.15, 0.2) is 11.5 Å². The Hall–Kier alpha value is -2.94. The van der Waals surface area contributed by atoms with Crippen molar-refractivity contribution in [1.29, 1.82) is 0 Å². The van der Waals surface area contributed by atoms with Gasteiger partial charge in [-0.1, -0.05) is 19.4 Å². The summed E-state index contributed by atoms with van der Waals surface area (Å²) in [7, 11) is 0. The van der Waals surface area contributed by atoms with Crippen LogP contribution < -0.4 is 21.1 Å². The van der Waals surface area contributed by atoms with Crippen LogP contribution in [0.1, 0.15) is 36.6 Å². The lowest BCUT2D eigenvalue weighted by Crippen LogP contribution is -2.56. The zero-order valence-corrected chi connectivity index (χ0v) is 16.3. The fraction of sp³-hybridized carbons (Fsp3) is 0.474. The molecule has 0 amide bonds. The van der Waals surface area contributed by atoms with Crippen molar-refractivity contribution in [3.8, 4) is 6.01 Å². The molecule has 0 unspecified atom stereocenters. The number of pyridine rings is 1. The molecule has 148 valence electrons. The van der Waals surface area contributed by atoms with Gasteiger partial charge in [-0.25, -0.2) is 14.5 Å². The molecule has 28 heavy (non-hydrogen) atoms. The van der Waals surface area contributed by atoms with Crippen LogP contribution in [0.5, 0.6) is 6.01 Å². The second-order valence-electron chi connectivity index (χ2n) is 7.29. The number of anilines is 2. The molecule has 9 heteroatoms. The molecular formula is C19H26N8O. The molecule has 3 aromatic heterocycles. The van der Waals surface area contributed by atoms with E-state index in [2.05, 4.69) is 44.9 Å². The van der Waals surface area contributed by atoms with Gasteiger partial charge in [-0.05, 0) is 24.5 Å². The normalized spacial score (nSPS) is 14.5. The Kier molecular flexibility index (Phi) is 4.99. The highest BCUT2D eigenvalue weighted by molar-refractivity contribution is 5.60. The minimum Gasteiger partial charge on any atom is -0.462 e. The van der Waals surface area contributed by atoms with Gasteiger partial charge >= 0.3 is 6.01 Å². The summed E-state index contributed by atoms with van der Waals surface area (Å²) in [6.07, 6.45) is 6.29. The largest absolute Gasteiger partial charge is 0.462 e. The third-order valence-corrected chi connectivity index (χ3v) is 4.87. The lowest BCUT2D eigenvalue weighted by Gasteiger charge is -2.38. The van der Waals surface area contributed by atoms with E-state index in [0.717, 1.165) is 48.6 Å². The van der Waals surface area contributed by atoms with Gasteiger partial charge in [0.1, 0.15) is 5.82 Å². The summed E-state index contributed by atoms with van der Waals surface area (Å²) < 4.78 is 7.33. The number of rotatable bonds is 7. The van der Waals surface area contributed by atoms with E-state index >= 15 is 0 Å². The summed E-state index contributed by atoms with van der Waals surface area (Å²) in [5.41, 5.74) is 15.6. The first kappa shape index (κ1) is 18.4. The van der Waals surface area contributed by atoms with Gasteiger partial charge in [0.2, 0.25) is 0 Å². The SMILES string of the molecule is CCCCOc1nc(N)c2ncc(Cc3cnc(N4CC(N)C4)c(C)c3)n2n1. The van der Waals surface area contributed by atoms with Crippen molar-refractivity contribution in [2.75, 3.05) is 30.3 Å². The molecule has 4 rings (SSSR count). The van der Waals surface area contributed by atoms with Gasteiger partial charge in [-0.15, -0.1) is 5.10 Å². The standard InChI is InChI=1S/C19H26N8O/c1-3-4-5-28-19-24-16(21)18-23-9-15(27(18)25-19)7-13-6-12(2)17(22-8-13)26-10-14(20)11-26/h6,8-9,14H,3-5,7,10-11,20H2,1-2H3,(H2,21,24,25). The monoisotopic (exact) mass is 382 g/mol. The Labute approximate surface area is 163 Å². The zero-order valence-electron chi connectivity index (χ0n) is 16.3. The average Bonchev–Trinajstić information content (AvgIpc) is 3.03. The van der Waals surface area contributed by atoms with E-state index in [4.69, 9.17) is 16.2 Å². The molecule has 1 aliphatic heterocycles. The van der Waals surface area contributed by atoms with Crippen LogP contribution in [-0.2, 0) is 6.42 Å². The number of hydrogen-bond acceptors (Lipinski definition) is 8. The fourth-order valence-electron chi connectivity index (χ4n) is 3.37. The smallest absolute Gasteiger partial charge is 0.336 e. The van der Waals surface area contributed by atoms with E-state index in [0.29, 0.717) is 24.5 Å². The first-order chi connectivity index (χ1) is 13.5. The van der Waals surface area contributed by atoms with Gasteiger partial charge in [-0.3, -0.25) is 0 Å². The van der Waals surface area contributed by atoms with Crippen molar-refractivity contribution >= 4 is 17.3 Å². The molecule has 0 saturated carbocycles. The summed E-state index contributed by atoms with van der Waals surface area (Å²) in [6.45, 7) is 6.46. The van der Waals surface area contributed by atoms with Crippen LogP contribution in [-0.4, -0.2) is 50.3 Å². The van der Waals surface area contributed by atoms with Crippen molar-refractivity contribution in [1.82, 2.24) is 24.6 Å². The van der Waals surface area contributed by atoms with Crippen molar-refractivity contribution in [2.24, 2.45) is 5.73 Å². The molecule has 4 heterocycles. The summed E-state index contributed by atoms with van der Waals surface area (Å²) in [6, 6.07) is 2.67. The minimum atomic E-state index is 0.248. The second-order valence-corrected chi connectivity index (χ2v) is 7.29. The maximum absolute atomic E-state index is 6.04. The number of nitrogen functional groups attached to an aromatic ring is 1. The minimum absolute atomic E-state index is 0.248. The highest BCUT2D eigenvalue weighted by atomic mass is 16.5. The molecule has 3 aromatic rings. The molecule has 0 radical (unpaired) electrons. The number of unbranched alkanes of at least 4 members (excludes halogenated alkanes) is 1. The Balaban J connectivity index is 1.56. The Morgan fingerprint density at radius 2 is 2.07 bits per heavy atom. The van der Waals surface area contributed by atoms with E-state index in [1.807, 2.05) is 6.20 Å². The first-order valence-corrected chi connectivity index (χ1v) is 9.64. The van der Waals surface area contributed by atoms with Crippen molar-refractivity contribution in [2.45, 2.75) is 39.2 Å². The Morgan fingerprint density at radius 1 is 1.25 bits per heavy atom. The number of aromatic nitrogens is 5. The second kappa shape index (κ2) is 7.59. The van der Waals surface area contributed by atoms with Crippen LogP contribution in [0.2, 0.25) is 0 Å². The molecule has 0 atom stereocenters. The maximum atomic E-state index is 6.04. The van der Waals surface area contributed by atoms with Crippen LogP contribution in [0.3, 0.4) is 0 Å². The molecule has 0 bridgehead atoms. The number of hydrogen-bond donors (Lipinski definition) is 2. The van der Waals surface area contributed by atoms with E-state index in [9.17, 15) is 0 Å². The molecule has 9 nitrogen and oxygen atoms in total. The van der Waals surface area contributed by atoms with Crippen LogP contribution in [0.25, 0.3) is 5.65 Å². The van der Waals surface area contributed by atoms with Crippen molar-refractivity contribution < 1.29 is 4.74 Å². The molecule has 4 N–H and O–H groups in total. The highest BCUT2D eigenvalue weighted by Gasteiger charge is 2.25. The molecule has 0 aliphatic carbocycles. The van der Waals surface area contributed by atoms with Crippen LogP contribution in [0.4, 0.5) is 11.6 Å². The summed E-state index contributed by atoms with van der Waals surface area (Å²) in [5.74, 6) is 1.31. The lowest BCUT2D eigenvalue weighted by molar-refractivity contribution is 0.280. The van der Waals surface area contributed by atoms with Gasteiger partial charge < -0.3 is 21.1 Å². The molecule has 0 spiro atoms. The predicted molar refractivity (Wildman–Crippen MR) is 108 cm³/mol. The van der Waals surface area contributed by atoms with Crippen LogP contribution >= 0.6 is 0 Å². The maximum Gasteiger partial charge on any atom is 0.336 e. The number of nitrogens with two attached hydrogens (primary N) is 2. The third kappa shape index (κ3) is 3.57. The summed E-state index contributed by atoms with van der Waals surface area (Å²) in [4.78, 5) is 15.4. The van der Waals surface area contributed by atoms with Crippen LogP contribution in [0.15, 0.2) is 18.5 Å². The van der Waals surface area contributed by atoms with E-state index < -0.39 is 0 Å². The first-order valence-electron chi connectivity index (χ1n) is 9.64. The van der Waals surface area contributed by atoms with Gasteiger partial charge in [0.05, 0.1) is 18.5 Å². The Bertz CT molecular complexity index is 979. The molecule has 1 fully saturated rings. The fourth-order valence-corrected chi connectivity index (χ4v) is 3.37. The number of nitrogens with zero attached hydrogens (tertiary/aromatic N) is 6. The molecular weight excluding hydrogens is 356 g/mol. The molecule has 1 aliphatic rings. The van der Waals surface area contributed by atoms with Crippen LogP contribution in [0, 0.1) is 6.92 Å². The van der Waals surface area contributed by atoms with E-state index in [1.54, 1.807) is 10.7 Å². The number of imidazole rings is 1. The lowest BCUT2D eigenvalue weighted by atomic mass is 10.1. The quantitative estimate of drug-likeness (QED) is 0.587. The Morgan fingerprint density at radius 3 is 2.79 bits per heavy atom. The third-order valence-electron chi connectivity index (χ3n) is 4.87. The number of fused-ring (bicyclic) bond motifs is 1. The molecule has 0 aromatic carbocycles. The number of ether oxygens (including phenoxy) is 1. The zero-order chi connectivity index (χ0) is 19.7. The average molecular weight is 382 g/mol. The highest BCUT2D eigenvalue weighted by Crippen LogP contribution is 2.24. The topological polar surface area (TPSA) is 120 Å². The molecule has 1 saturated heterocycles. The van der Waals surface area contributed by atoms with Crippen molar-refractivity contribution in [3.63, 3.8) is 0 Å². The summed E-state index contributed by atoms with van der Waals surface area (Å²) in [5, 5.41) is 4.46. The number of aryl methyl sites for hydroxylation is 1.